The Kier molecular flexibility index (Phi) is 4.17. The molecule has 0 saturated carbocycles. The third-order valence-corrected chi connectivity index (χ3v) is 3.91. The van der Waals surface area contributed by atoms with Gasteiger partial charge >= 0.3 is 6.18 Å². The van der Waals surface area contributed by atoms with Gasteiger partial charge in [0.05, 0.1) is 5.92 Å². The smallest absolute Gasteiger partial charge is 0.382 e. The fourth-order valence-electron chi connectivity index (χ4n) is 2.44. The normalized spacial score (nSPS) is 22.0. The van der Waals surface area contributed by atoms with Crippen molar-refractivity contribution in [1.82, 2.24) is 9.78 Å². The average Bonchev–Trinajstić information content (AvgIpc) is 2.77. The number of aliphatic hydroxyl groups excluding tert-OH is 1. The molecule has 2 unspecified atom stereocenters. The van der Waals surface area contributed by atoms with E-state index in [1.807, 2.05) is 0 Å². The van der Waals surface area contributed by atoms with Crippen molar-refractivity contribution in [3.8, 4) is 6.07 Å². The van der Waals surface area contributed by atoms with Gasteiger partial charge in [0.1, 0.15) is 12.2 Å². The maximum absolute atomic E-state index is 13.5. The molecule has 1 aromatic heterocycles. The standard InChI is InChI=1S/C13H14F5N3O/c1-7(13(16,17)18)3-5-21-9-2-4-12(14,15)11(22)10(9)8(6-19)20-21/h7,11,22H,2-5H2,1H3. The van der Waals surface area contributed by atoms with E-state index in [2.05, 4.69) is 5.10 Å². The molecule has 1 aliphatic rings. The molecule has 0 bridgehead atoms. The zero-order valence-corrected chi connectivity index (χ0v) is 11.7. The predicted octanol–water partition coefficient (Wildman–Crippen LogP) is 2.96. The van der Waals surface area contributed by atoms with Gasteiger partial charge in [-0.05, 0) is 12.8 Å². The van der Waals surface area contributed by atoms with Gasteiger partial charge in [-0.25, -0.2) is 8.78 Å². The van der Waals surface area contributed by atoms with Crippen LogP contribution in [-0.4, -0.2) is 27.0 Å². The Labute approximate surface area is 123 Å². The van der Waals surface area contributed by atoms with Crippen LogP contribution in [0.25, 0.3) is 0 Å². The minimum Gasteiger partial charge on any atom is -0.382 e. The van der Waals surface area contributed by atoms with E-state index >= 15 is 0 Å². The van der Waals surface area contributed by atoms with E-state index in [4.69, 9.17) is 5.26 Å². The number of alkyl halides is 5. The molecule has 122 valence electrons. The van der Waals surface area contributed by atoms with Crippen molar-refractivity contribution in [3.05, 3.63) is 17.0 Å². The molecule has 9 heteroatoms. The maximum atomic E-state index is 13.5. The van der Waals surface area contributed by atoms with Gasteiger partial charge < -0.3 is 5.11 Å². The van der Waals surface area contributed by atoms with Gasteiger partial charge in [0.15, 0.2) is 5.69 Å². The summed E-state index contributed by atoms with van der Waals surface area (Å²) in [6.07, 6.45) is -7.56. The van der Waals surface area contributed by atoms with Crippen molar-refractivity contribution >= 4 is 0 Å². The average molecular weight is 323 g/mol. The van der Waals surface area contributed by atoms with Gasteiger partial charge in [0.25, 0.3) is 5.92 Å². The number of aryl methyl sites for hydroxylation is 1. The van der Waals surface area contributed by atoms with Gasteiger partial charge in [-0.15, -0.1) is 0 Å². The molecule has 0 radical (unpaired) electrons. The Bertz CT molecular complexity index is 602. The van der Waals surface area contributed by atoms with Gasteiger partial charge in [0.2, 0.25) is 0 Å². The number of nitrogens with zero attached hydrogens (tertiary/aromatic N) is 3. The van der Waals surface area contributed by atoms with Crippen LogP contribution in [0.15, 0.2) is 0 Å². The zero-order chi connectivity index (χ0) is 16.7. The Morgan fingerprint density at radius 1 is 1.50 bits per heavy atom. The van der Waals surface area contributed by atoms with E-state index in [-0.39, 0.29) is 36.3 Å². The lowest BCUT2D eigenvalue weighted by Crippen LogP contribution is -2.32. The van der Waals surface area contributed by atoms with Crippen LogP contribution < -0.4 is 0 Å². The molecular weight excluding hydrogens is 309 g/mol. The van der Waals surface area contributed by atoms with Gasteiger partial charge in [-0.3, -0.25) is 4.68 Å². The first kappa shape index (κ1) is 16.7. The topological polar surface area (TPSA) is 61.8 Å². The van der Waals surface area contributed by atoms with Crippen molar-refractivity contribution in [2.45, 2.75) is 50.9 Å². The fraction of sp³-hybridized carbons (Fsp3) is 0.692. The third kappa shape index (κ3) is 2.92. The number of nitriles is 1. The molecule has 0 spiro atoms. The summed E-state index contributed by atoms with van der Waals surface area (Å²) in [6, 6.07) is 1.61. The van der Waals surface area contributed by atoms with Gasteiger partial charge in [-0.2, -0.15) is 23.5 Å². The van der Waals surface area contributed by atoms with Crippen molar-refractivity contribution in [3.63, 3.8) is 0 Å². The first-order valence-corrected chi connectivity index (χ1v) is 6.70. The maximum Gasteiger partial charge on any atom is 0.391 e. The molecule has 0 saturated heterocycles. The second kappa shape index (κ2) is 5.50. The first-order chi connectivity index (χ1) is 10.1. The highest BCUT2D eigenvalue weighted by atomic mass is 19.4. The van der Waals surface area contributed by atoms with Crippen LogP contribution in [0.4, 0.5) is 22.0 Å². The van der Waals surface area contributed by atoms with E-state index < -0.39 is 30.5 Å². The molecule has 1 N–H and O–H groups in total. The van der Waals surface area contributed by atoms with E-state index in [0.717, 1.165) is 11.6 Å². The van der Waals surface area contributed by atoms with E-state index in [0.29, 0.717) is 0 Å². The van der Waals surface area contributed by atoms with Crippen LogP contribution in [0.2, 0.25) is 0 Å². The second-order valence-corrected chi connectivity index (χ2v) is 5.44. The van der Waals surface area contributed by atoms with Crippen LogP contribution in [0.1, 0.15) is 42.8 Å². The summed E-state index contributed by atoms with van der Waals surface area (Å²) in [5, 5.41) is 22.4. The SMILES string of the molecule is CC(CCn1nc(C#N)c2c1CCC(F)(F)C2O)C(F)(F)F. The fourth-order valence-corrected chi connectivity index (χ4v) is 2.44. The van der Waals surface area contributed by atoms with E-state index in [1.54, 1.807) is 6.07 Å². The Morgan fingerprint density at radius 2 is 2.14 bits per heavy atom. The Morgan fingerprint density at radius 3 is 2.68 bits per heavy atom. The lowest BCUT2D eigenvalue weighted by Gasteiger charge is -2.28. The largest absolute Gasteiger partial charge is 0.391 e. The lowest BCUT2D eigenvalue weighted by atomic mass is 9.90. The number of rotatable bonds is 3. The zero-order valence-electron chi connectivity index (χ0n) is 11.7. The highest BCUT2D eigenvalue weighted by Gasteiger charge is 2.47. The summed E-state index contributed by atoms with van der Waals surface area (Å²) in [5.74, 6) is -4.95. The number of halogens is 5. The van der Waals surface area contributed by atoms with Crippen LogP contribution >= 0.6 is 0 Å². The molecule has 0 aliphatic heterocycles. The quantitative estimate of drug-likeness (QED) is 0.870. The van der Waals surface area contributed by atoms with Gasteiger partial charge in [-0.1, -0.05) is 6.92 Å². The van der Waals surface area contributed by atoms with Crippen LogP contribution in [0.3, 0.4) is 0 Å². The van der Waals surface area contributed by atoms with Crippen molar-refractivity contribution in [2.75, 3.05) is 0 Å². The molecule has 0 fully saturated rings. The molecule has 1 aliphatic carbocycles. The minimum atomic E-state index is -4.35. The monoisotopic (exact) mass is 323 g/mol. The molecule has 2 atom stereocenters. The summed E-state index contributed by atoms with van der Waals surface area (Å²) >= 11 is 0. The minimum absolute atomic E-state index is 0.144. The molecule has 2 rings (SSSR count). The summed E-state index contributed by atoms with van der Waals surface area (Å²) in [4.78, 5) is 0. The summed E-state index contributed by atoms with van der Waals surface area (Å²) < 4.78 is 65.7. The second-order valence-electron chi connectivity index (χ2n) is 5.44. The molecule has 1 aromatic rings. The lowest BCUT2D eigenvalue weighted by molar-refractivity contribution is -0.171. The Hall–Kier alpha value is -1.69. The van der Waals surface area contributed by atoms with Crippen molar-refractivity contribution in [1.29, 1.82) is 5.26 Å². The Balaban J connectivity index is 2.28. The number of aliphatic hydroxyl groups is 1. The molecule has 0 amide bonds. The highest BCUT2D eigenvalue weighted by molar-refractivity contribution is 5.40. The molecular formula is C13H14F5N3O. The van der Waals surface area contributed by atoms with Crippen molar-refractivity contribution < 1.29 is 27.1 Å². The molecule has 22 heavy (non-hydrogen) atoms. The van der Waals surface area contributed by atoms with Crippen LogP contribution in [0, 0.1) is 17.2 Å². The number of aromatic nitrogens is 2. The van der Waals surface area contributed by atoms with Crippen molar-refractivity contribution in [2.24, 2.45) is 5.92 Å². The van der Waals surface area contributed by atoms with Crippen LogP contribution in [0.5, 0.6) is 0 Å². The number of hydrogen-bond acceptors (Lipinski definition) is 3. The predicted molar refractivity (Wildman–Crippen MR) is 65.0 cm³/mol. The molecule has 1 heterocycles. The molecule has 4 nitrogen and oxygen atoms in total. The first-order valence-electron chi connectivity index (χ1n) is 6.70. The third-order valence-electron chi connectivity index (χ3n) is 3.91. The summed E-state index contributed by atoms with van der Waals surface area (Å²) in [7, 11) is 0. The summed E-state index contributed by atoms with van der Waals surface area (Å²) in [6.45, 7) is 0.868. The highest BCUT2D eigenvalue weighted by Crippen LogP contribution is 2.43. The summed E-state index contributed by atoms with van der Waals surface area (Å²) in [5.41, 5.74) is -0.413. The molecule has 0 aromatic carbocycles. The van der Waals surface area contributed by atoms with E-state index in [9.17, 15) is 27.1 Å². The van der Waals surface area contributed by atoms with Gasteiger partial charge in [0, 0.05) is 24.2 Å². The van der Waals surface area contributed by atoms with Crippen LogP contribution in [-0.2, 0) is 13.0 Å². The number of hydrogen-bond donors (Lipinski definition) is 1. The number of fused-ring (bicyclic) bond motifs is 1. The van der Waals surface area contributed by atoms with E-state index in [1.165, 1.54) is 0 Å².